The molecule has 0 saturated carbocycles. The topological polar surface area (TPSA) is 124 Å². The number of imide groups is 1. The number of phenolic OH excluding ortho intramolecular Hbond substituents is 1. The van der Waals surface area contributed by atoms with Gasteiger partial charge in [0.25, 0.3) is 0 Å². The van der Waals surface area contributed by atoms with Crippen LogP contribution in [0.25, 0.3) is 0 Å². The molecular formula is C27H30N2O6. The van der Waals surface area contributed by atoms with E-state index in [9.17, 15) is 29.4 Å². The zero-order valence-corrected chi connectivity index (χ0v) is 20.5. The van der Waals surface area contributed by atoms with Gasteiger partial charge in [-0.15, -0.1) is 0 Å². The van der Waals surface area contributed by atoms with Gasteiger partial charge in [0.15, 0.2) is 5.78 Å². The molecule has 2 amide bonds. The predicted molar refractivity (Wildman–Crippen MR) is 129 cm³/mol. The molecule has 2 aromatic carbocycles. The molecule has 35 heavy (non-hydrogen) atoms. The summed E-state index contributed by atoms with van der Waals surface area (Å²) in [4.78, 5) is 53.2. The van der Waals surface area contributed by atoms with Crippen LogP contribution < -0.4 is 10.2 Å². The van der Waals surface area contributed by atoms with Crippen LogP contribution in [0.2, 0.25) is 0 Å². The van der Waals surface area contributed by atoms with Crippen LogP contribution in [0.5, 0.6) is 5.75 Å². The molecule has 4 rings (SSSR count). The van der Waals surface area contributed by atoms with Crippen LogP contribution in [0.1, 0.15) is 60.3 Å². The van der Waals surface area contributed by atoms with Crippen molar-refractivity contribution in [3.8, 4) is 5.75 Å². The summed E-state index contributed by atoms with van der Waals surface area (Å²) in [6.07, 6.45) is 0.484. The van der Waals surface area contributed by atoms with E-state index < -0.39 is 47.1 Å². The number of rotatable bonds is 6. The van der Waals surface area contributed by atoms with Crippen molar-refractivity contribution in [3.63, 3.8) is 0 Å². The minimum Gasteiger partial charge on any atom is -0.507 e. The summed E-state index contributed by atoms with van der Waals surface area (Å²) in [5.74, 6) is -4.74. The number of carboxylic acids is 1. The molecule has 2 aliphatic heterocycles. The molecule has 2 fully saturated rings. The lowest BCUT2D eigenvalue weighted by Crippen LogP contribution is -2.59. The van der Waals surface area contributed by atoms with Crippen molar-refractivity contribution in [1.29, 1.82) is 0 Å². The number of hydrogen-bond acceptors (Lipinski definition) is 6. The van der Waals surface area contributed by atoms with Gasteiger partial charge in [0.1, 0.15) is 11.3 Å². The number of Topliss-reactive ketones (excluding diaryl/α,β-unsaturated/α-hetero) is 1. The SMILES string of the molecule is CCC(C)C1(C(=O)O)NC(c2cc(C)c(O)c(C)c2)C2C(=O)N(c3ccc(C(C)=O)cc3)C(=O)C21. The highest BCUT2D eigenvalue weighted by Crippen LogP contribution is 2.53. The Labute approximate surface area is 203 Å². The van der Waals surface area contributed by atoms with Gasteiger partial charge in [-0.05, 0) is 67.6 Å². The Bertz CT molecular complexity index is 1210. The maximum absolute atomic E-state index is 13.8. The van der Waals surface area contributed by atoms with Gasteiger partial charge in [-0.25, -0.2) is 4.90 Å². The second-order valence-corrected chi connectivity index (χ2v) is 9.73. The summed E-state index contributed by atoms with van der Waals surface area (Å²) in [6, 6.07) is 8.90. The van der Waals surface area contributed by atoms with Crippen molar-refractivity contribution in [3.05, 3.63) is 58.7 Å². The highest BCUT2D eigenvalue weighted by Gasteiger charge is 2.70. The summed E-state index contributed by atoms with van der Waals surface area (Å²) in [5.41, 5.74) is 0.951. The van der Waals surface area contributed by atoms with Gasteiger partial charge < -0.3 is 10.2 Å². The van der Waals surface area contributed by atoms with Crippen LogP contribution in [0.3, 0.4) is 0 Å². The minimum atomic E-state index is -1.65. The van der Waals surface area contributed by atoms with Crippen LogP contribution >= 0.6 is 0 Å². The molecule has 2 saturated heterocycles. The second kappa shape index (κ2) is 8.61. The Morgan fingerprint density at radius 3 is 2.14 bits per heavy atom. The number of phenols is 1. The van der Waals surface area contributed by atoms with E-state index in [2.05, 4.69) is 5.32 Å². The molecule has 0 spiro atoms. The van der Waals surface area contributed by atoms with Crippen molar-refractivity contribution in [2.45, 2.75) is 52.6 Å². The van der Waals surface area contributed by atoms with Crippen LogP contribution in [-0.4, -0.2) is 39.3 Å². The van der Waals surface area contributed by atoms with Crippen LogP contribution in [-0.2, 0) is 14.4 Å². The first-order valence-electron chi connectivity index (χ1n) is 11.8. The van der Waals surface area contributed by atoms with E-state index >= 15 is 0 Å². The number of benzene rings is 2. The molecule has 2 aliphatic rings. The van der Waals surface area contributed by atoms with Gasteiger partial charge >= 0.3 is 5.97 Å². The Kier molecular flexibility index (Phi) is 6.05. The zero-order chi connectivity index (χ0) is 25.8. The average Bonchev–Trinajstić information content (AvgIpc) is 3.31. The lowest BCUT2D eigenvalue weighted by Gasteiger charge is -2.36. The molecule has 3 N–H and O–H groups in total. The maximum atomic E-state index is 13.8. The molecule has 0 aromatic heterocycles. The third-order valence-corrected chi connectivity index (χ3v) is 7.74. The average molecular weight is 479 g/mol. The quantitative estimate of drug-likeness (QED) is 0.429. The van der Waals surface area contributed by atoms with Gasteiger partial charge in [0.2, 0.25) is 11.8 Å². The highest BCUT2D eigenvalue weighted by atomic mass is 16.4. The van der Waals surface area contributed by atoms with E-state index in [1.165, 1.54) is 19.1 Å². The fraction of sp³-hybridized carbons (Fsp3) is 0.407. The van der Waals surface area contributed by atoms with E-state index in [1.54, 1.807) is 45.0 Å². The van der Waals surface area contributed by atoms with Gasteiger partial charge in [-0.3, -0.25) is 24.5 Å². The Hall–Kier alpha value is -3.52. The monoisotopic (exact) mass is 478 g/mol. The third kappa shape index (κ3) is 3.55. The Balaban J connectivity index is 1.89. The molecule has 2 heterocycles. The molecule has 5 atom stereocenters. The number of carbonyl (C=O) groups is 4. The number of aryl methyl sites for hydroxylation is 2. The van der Waals surface area contributed by atoms with E-state index in [-0.39, 0.29) is 11.5 Å². The Morgan fingerprint density at radius 1 is 1.09 bits per heavy atom. The van der Waals surface area contributed by atoms with Crippen molar-refractivity contribution in [2.24, 2.45) is 17.8 Å². The first-order valence-corrected chi connectivity index (χ1v) is 11.8. The fourth-order valence-electron chi connectivity index (χ4n) is 5.68. The number of ketones is 1. The number of amides is 2. The lowest BCUT2D eigenvalue weighted by atomic mass is 9.72. The number of anilines is 1. The van der Waals surface area contributed by atoms with Gasteiger partial charge in [-0.2, -0.15) is 0 Å². The summed E-state index contributed by atoms with van der Waals surface area (Å²) < 4.78 is 0. The number of carbonyl (C=O) groups excluding carboxylic acids is 3. The highest BCUT2D eigenvalue weighted by molar-refractivity contribution is 6.24. The number of carboxylic acid groups (broad SMARTS) is 1. The molecule has 8 nitrogen and oxygen atoms in total. The zero-order valence-electron chi connectivity index (χ0n) is 20.5. The summed E-state index contributed by atoms with van der Waals surface area (Å²) in [6.45, 7) is 8.53. The van der Waals surface area contributed by atoms with Gasteiger partial charge in [-0.1, -0.05) is 32.4 Å². The maximum Gasteiger partial charge on any atom is 0.325 e. The standard InChI is InChI=1S/C27H30N2O6/c1-6-15(4)27(26(34)35)21-20(22(28-27)18-11-13(2)23(31)14(3)12-18)24(32)29(25(21)33)19-9-7-17(8-10-19)16(5)30/h7-12,15,20-22,28,31H,6H2,1-5H3,(H,34,35). The molecular weight excluding hydrogens is 448 g/mol. The van der Waals surface area contributed by atoms with E-state index in [0.717, 1.165) is 4.90 Å². The van der Waals surface area contributed by atoms with Gasteiger partial charge in [0, 0.05) is 11.6 Å². The number of aromatic hydroxyl groups is 1. The number of nitrogens with zero attached hydrogens (tertiary/aromatic N) is 1. The molecule has 8 heteroatoms. The third-order valence-electron chi connectivity index (χ3n) is 7.74. The first kappa shape index (κ1) is 24.6. The van der Waals surface area contributed by atoms with Crippen LogP contribution in [0.15, 0.2) is 36.4 Å². The van der Waals surface area contributed by atoms with Crippen molar-refractivity contribution < 1.29 is 29.4 Å². The minimum absolute atomic E-state index is 0.135. The predicted octanol–water partition coefficient (Wildman–Crippen LogP) is 3.53. The molecule has 0 radical (unpaired) electrons. The summed E-state index contributed by atoms with van der Waals surface area (Å²) >= 11 is 0. The van der Waals surface area contributed by atoms with Crippen LogP contribution in [0, 0.1) is 31.6 Å². The number of nitrogens with one attached hydrogen (secondary N) is 1. The van der Waals surface area contributed by atoms with Crippen molar-refractivity contribution in [1.82, 2.24) is 5.32 Å². The molecule has 0 bridgehead atoms. The summed E-state index contributed by atoms with van der Waals surface area (Å²) in [7, 11) is 0. The van der Waals surface area contributed by atoms with Gasteiger partial charge in [0.05, 0.1) is 17.5 Å². The smallest absolute Gasteiger partial charge is 0.325 e. The normalized spacial score (nSPS) is 26.7. The fourth-order valence-corrected chi connectivity index (χ4v) is 5.68. The first-order chi connectivity index (χ1) is 16.4. The van der Waals surface area contributed by atoms with Crippen molar-refractivity contribution >= 4 is 29.3 Å². The second-order valence-electron chi connectivity index (χ2n) is 9.73. The largest absolute Gasteiger partial charge is 0.507 e. The Morgan fingerprint density at radius 2 is 1.66 bits per heavy atom. The summed E-state index contributed by atoms with van der Waals surface area (Å²) in [5, 5.41) is 23.9. The molecule has 184 valence electrons. The number of aliphatic carboxylic acids is 1. The number of fused-ring (bicyclic) bond motifs is 1. The van der Waals surface area contributed by atoms with Crippen LogP contribution in [0.4, 0.5) is 5.69 Å². The molecule has 5 unspecified atom stereocenters. The molecule has 2 aromatic rings. The van der Waals surface area contributed by atoms with E-state index in [0.29, 0.717) is 34.4 Å². The lowest BCUT2D eigenvalue weighted by molar-refractivity contribution is -0.151. The van der Waals surface area contributed by atoms with Crippen molar-refractivity contribution in [2.75, 3.05) is 4.90 Å². The van der Waals surface area contributed by atoms with E-state index in [1.807, 2.05) is 6.92 Å². The van der Waals surface area contributed by atoms with E-state index in [4.69, 9.17) is 0 Å². The number of hydrogen-bond donors (Lipinski definition) is 3. The molecule has 0 aliphatic carbocycles.